The smallest absolute Gasteiger partial charge is 0.0167 e. The maximum absolute atomic E-state index is 3.51. The summed E-state index contributed by atoms with van der Waals surface area (Å²) in [5.74, 6) is 0. The molecule has 2 atom stereocenters. The topological polar surface area (TPSA) is 15.3 Å². The fourth-order valence-corrected chi connectivity index (χ4v) is 3.00. The molecular formula is C12H24N2. The van der Waals surface area contributed by atoms with Gasteiger partial charge >= 0.3 is 0 Å². The van der Waals surface area contributed by atoms with Crippen molar-refractivity contribution in [1.29, 1.82) is 0 Å². The molecule has 0 radical (unpaired) electrons. The second kappa shape index (κ2) is 3.82. The number of hydrogen-bond donors (Lipinski definition) is 1. The van der Waals surface area contributed by atoms with Crippen LogP contribution >= 0.6 is 0 Å². The van der Waals surface area contributed by atoms with E-state index in [0.717, 1.165) is 6.04 Å². The van der Waals surface area contributed by atoms with Crippen LogP contribution in [0.4, 0.5) is 0 Å². The first kappa shape index (κ1) is 10.4. The molecule has 2 nitrogen and oxygen atoms in total. The molecule has 2 aliphatic rings. The third-order valence-corrected chi connectivity index (χ3v) is 3.86. The lowest BCUT2D eigenvalue weighted by Gasteiger charge is -2.36. The summed E-state index contributed by atoms with van der Waals surface area (Å²) in [6, 6.07) is 1.56. The fourth-order valence-electron chi connectivity index (χ4n) is 3.00. The van der Waals surface area contributed by atoms with E-state index in [9.17, 15) is 0 Å². The van der Waals surface area contributed by atoms with Gasteiger partial charge in [-0.05, 0) is 31.6 Å². The van der Waals surface area contributed by atoms with E-state index in [4.69, 9.17) is 0 Å². The highest BCUT2D eigenvalue weighted by Gasteiger charge is 2.35. The molecule has 1 aliphatic heterocycles. The van der Waals surface area contributed by atoms with E-state index in [1.165, 1.54) is 38.9 Å². The molecule has 1 aliphatic carbocycles. The Balaban J connectivity index is 1.89. The van der Waals surface area contributed by atoms with Crippen molar-refractivity contribution in [3.05, 3.63) is 0 Å². The summed E-state index contributed by atoms with van der Waals surface area (Å²) < 4.78 is 0. The van der Waals surface area contributed by atoms with Gasteiger partial charge in [0.1, 0.15) is 0 Å². The van der Waals surface area contributed by atoms with Crippen LogP contribution in [0.25, 0.3) is 0 Å². The number of hydrogen-bond acceptors (Lipinski definition) is 2. The lowest BCUT2D eigenvalue weighted by molar-refractivity contribution is 0.142. The lowest BCUT2D eigenvalue weighted by Crippen LogP contribution is -2.52. The predicted octanol–water partition coefficient (Wildman–Crippen LogP) is 1.86. The molecular weight excluding hydrogens is 172 g/mol. The van der Waals surface area contributed by atoms with Crippen molar-refractivity contribution in [1.82, 2.24) is 10.2 Å². The Morgan fingerprint density at radius 1 is 1.36 bits per heavy atom. The Morgan fingerprint density at radius 3 is 2.71 bits per heavy atom. The van der Waals surface area contributed by atoms with Gasteiger partial charge in [0.25, 0.3) is 0 Å². The summed E-state index contributed by atoms with van der Waals surface area (Å²) in [4.78, 5) is 2.70. The average molecular weight is 196 g/mol. The van der Waals surface area contributed by atoms with Crippen LogP contribution in [0.2, 0.25) is 0 Å². The normalized spacial score (nSPS) is 38.8. The first-order valence-corrected chi connectivity index (χ1v) is 6.04. The van der Waals surface area contributed by atoms with Crippen LogP contribution in [0.15, 0.2) is 0 Å². The molecule has 2 heteroatoms. The highest BCUT2D eigenvalue weighted by molar-refractivity contribution is 4.90. The van der Waals surface area contributed by atoms with Crippen molar-refractivity contribution >= 4 is 0 Å². The number of nitrogens with one attached hydrogen (secondary N) is 1. The second-order valence-corrected chi connectivity index (χ2v) is 5.91. The van der Waals surface area contributed by atoms with Crippen LogP contribution in [-0.2, 0) is 0 Å². The Labute approximate surface area is 88.1 Å². The van der Waals surface area contributed by atoms with E-state index >= 15 is 0 Å². The summed E-state index contributed by atoms with van der Waals surface area (Å²) in [6.07, 6.45) is 4.23. The molecule has 1 N–H and O–H groups in total. The quantitative estimate of drug-likeness (QED) is 0.688. The molecule has 82 valence electrons. The molecule has 1 heterocycles. The SMILES string of the molecule is C[C@@H]1CN(C2CCC(C)(C)C2)CCN1. The van der Waals surface area contributed by atoms with Gasteiger partial charge in [-0.2, -0.15) is 0 Å². The standard InChI is InChI=1S/C12H24N2/c1-10-9-14(7-6-13-10)11-4-5-12(2,3)8-11/h10-11,13H,4-9H2,1-3H3/t10-,11?/m1/s1. The molecule has 1 unspecified atom stereocenters. The minimum absolute atomic E-state index is 0.596. The van der Waals surface area contributed by atoms with Gasteiger partial charge in [0.15, 0.2) is 0 Å². The third kappa shape index (κ3) is 2.29. The molecule has 0 amide bonds. The highest BCUT2D eigenvalue weighted by Crippen LogP contribution is 2.39. The van der Waals surface area contributed by atoms with Crippen molar-refractivity contribution in [2.45, 2.75) is 52.1 Å². The molecule has 1 saturated carbocycles. The molecule has 0 aromatic carbocycles. The monoisotopic (exact) mass is 196 g/mol. The minimum Gasteiger partial charge on any atom is -0.312 e. The van der Waals surface area contributed by atoms with E-state index < -0.39 is 0 Å². The van der Waals surface area contributed by atoms with Crippen LogP contribution in [0.5, 0.6) is 0 Å². The predicted molar refractivity (Wildman–Crippen MR) is 60.5 cm³/mol. The van der Waals surface area contributed by atoms with Gasteiger partial charge in [0, 0.05) is 31.7 Å². The third-order valence-electron chi connectivity index (χ3n) is 3.86. The summed E-state index contributed by atoms with van der Waals surface area (Å²) in [6.45, 7) is 10.8. The Bertz CT molecular complexity index is 200. The maximum atomic E-state index is 3.51. The molecule has 0 bridgehead atoms. The zero-order valence-corrected chi connectivity index (χ0v) is 9.84. The molecule has 1 saturated heterocycles. The first-order chi connectivity index (χ1) is 6.57. The van der Waals surface area contributed by atoms with Gasteiger partial charge < -0.3 is 5.32 Å². The first-order valence-electron chi connectivity index (χ1n) is 6.04. The van der Waals surface area contributed by atoms with Gasteiger partial charge in [0.2, 0.25) is 0 Å². The highest BCUT2D eigenvalue weighted by atomic mass is 15.2. The maximum Gasteiger partial charge on any atom is 0.0167 e. The van der Waals surface area contributed by atoms with Crippen molar-refractivity contribution in [2.24, 2.45) is 5.41 Å². The van der Waals surface area contributed by atoms with Gasteiger partial charge in [-0.1, -0.05) is 13.8 Å². The summed E-state index contributed by atoms with van der Waals surface area (Å²) in [5.41, 5.74) is 0.596. The lowest BCUT2D eigenvalue weighted by atomic mass is 9.91. The van der Waals surface area contributed by atoms with E-state index in [1.807, 2.05) is 0 Å². The van der Waals surface area contributed by atoms with Crippen LogP contribution in [0, 0.1) is 5.41 Å². The number of piperazine rings is 1. The van der Waals surface area contributed by atoms with Crippen molar-refractivity contribution in [3.63, 3.8) is 0 Å². The van der Waals surface area contributed by atoms with Crippen LogP contribution in [-0.4, -0.2) is 36.6 Å². The van der Waals surface area contributed by atoms with E-state index in [-0.39, 0.29) is 0 Å². The summed E-state index contributed by atoms with van der Waals surface area (Å²) in [5, 5.41) is 3.51. The van der Waals surface area contributed by atoms with E-state index in [0.29, 0.717) is 11.5 Å². The fraction of sp³-hybridized carbons (Fsp3) is 1.00. The molecule has 0 aromatic heterocycles. The second-order valence-electron chi connectivity index (χ2n) is 5.91. The number of nitrogens with zero attached hydrogens (tertiary/aromatic N) is 1. The summed E-state index contributed by atoms with van der Waals surface area (Å²) in [7, 11) is 0. The number of rotatable bonds is 1. The van der Waals surface area contributed by atoms with Crippen LogP contribution in [0.1, 0.15) is 40.0 Å². The molecule has 14 heavy (non-hydrogen) atoms. The Morgan fingerprint density at radius 2 is 2.14 bits per heavy atom. The van der Waals surface area contributed by atoms with E-state index in [2.05, 4.69) is 31.0 Å². The molecule has 0 aromatic rings. The van der Waals surface area contributed by atoms with Gasteiger partial charge in [-0.25, -0.2) is 0 Å². The summed E-state index contributed by atoms with van der Waals surface area (Å²) >= 11 is 0. The Hall–Kier alpha value is -0.0800. The van der Waals surface area contributed by atoms with Crippen LogP contribution in [0.3, 0.4) is 0 Å². The molecule has 2 fully saturated rings. The zero-order chi connectivity index (χ0) is 10.2. The van der Waals surface area contributed by atoms with Gasteiger partial charge in [-0.3, -0.25) is 4.90 Å². The average Bonchev–Trinajstić information content (AvgIpc) is 2.46. The molecule has 2 rings (SSSR count). The molecule has 0 spiro atoms. The Kier molecular flexibility index (Phi) is 2.85. The zero-order valence-electron chi connectivity index (χ0n) is 9.84. The van der Waals surface area contributed by atoms with Gasteiger partial charge in [0.05, 0.1) is 0 Å². The van der Waals surface area contributed by atoms with Crippen LogP contribution < -0.4 is 5.32 Å². The van der Waals surface area contributed by atoms with E-state index in [1.54, 1.807) is 0 Å². The largest absolute Gasteiger partial charge is 0.312 e. The van der Waals surface area contributed by atoms with Crippen molar-refractivity contribution < 1.29 is 0 Å². The van der Waals surface area contributed by atoms with Crippen molar-refractivity contribution in [2.75, 3.05) is 19.6 Å². The van der Waals surface area contributed by atoms with Gasteiger partial charge in [-0.15, -0.1) is 0 Å². The van der Waals surface area contributed by atoms with Crippen molar-refractivity contribution in [3.8, 4) is 0 Å². The minimum atomic E-state index is 0.596.